The molecule has 0 aliphatic heterocycles. The molecule has 98 valence electrons. The quantitative estimate of drug-likeness (QED) is 0.680. The topological polar surface area (TPSA) is 24.7 Å². The molecule has 0 heterocycles. The van der Waals surface area contributed by atoms with Gasteiger partial charge in [-0.2, -0.15) is 23.4 Å². The summed E-state index contributed by atoms with van der Waals surface area (Å²) in [4.78, 5) is 0. The summed E-state index contributed by atoms with van der Waals surface area (Å²) in [6.07, 6.45) is -5.11. The Hall–Kier alpha value is -2.17. The van der Waals surface area contributed by atoms with Crippen LogP contribution in [0.5, 0.6) is 0 Å². The first kappa shape index (κ1) is 13.3. The van der Waals surface area contributed by atoms with E-state index in [9.17, 15) is 13.2 Å². The number of halogens is 3. The monoisotopic (exact) mass is 264 g/mol. The zero-order chi connectivity index (χ0) is 13.7. The van der Waals surface area contributed by atoms with Crippen LogP contribution in [0.15, 0.2) is 64.8 Å². The van der Waals surface area contributed by atoms with E-state index < -0.39 is 12.6 Å². The summed E-state index contributed by atoms with van der Waals surface area (Å²) >= 11 is 0. The molecule has 2 nitrogen and oxygen atoms in total. The lowest BCUT2D eigenvalue weighted by atomic mass is 10.1. The number of hydrogen-bond donors (Lipinski definition) is 0. The predicted molar refractivity (Wildman–Crippen MR) is 66.8 cm³/mol. The van der Waals surface area contributed by atoms with Crippen LogP contribution in [0.2, 0.25) is 0 Å². The summed E-state index contributed by atoms with van der Waals surface area (Å²) in [5.41, 5.74) is 1.43. The van der Waals surface area contributed by atoms with Gasteiger partial charge in [0.2, 0.25) is 0 Å². The molecule has 0 spiro atoms. The maximum atomic E-state index is 12.2. The van der Waals surface area contributed by atoms with Gasteiger partial charge < -0.3 is 0 Å². The third-order valence-electron chi connectivity index (χ3n) is 2.38. The molecular formula is C14H11F3N2. The van der Waals surface area contributed by atoms with Crippen molar-refractivity contribution in [3.8, 4) is 0 Å². The van der Waals surface area contributed by atoms with Gasteiger partial charge in [0.25, 0.3) is 0 Å². The third-order valence-corrected chi connectivity index (χ3v) is 2.38. The number of benzene rings is 2. The molecule has 0 saturated heterocycles. The van der Waals surface area contributed by atoms with Crippen molar-refractivity contribution >= 4 is 11.4 Å². The normalized spacial score (nSPS) is 11.9. The molecule has 19 heavy (non-hydrogen) atoms. The van der Waals surface area contributed by atoms with E-state index in [0.717, 1.165) is 0 Å². The Morgan fingerprint density at radius 1 is 0.737 bits per heavy atom. The van der Waals surface area contributed by atoms with Crippen LogP contribution in [0.3, 0.4) is 0 Å². The van der Waals surface area contributed by atoms with Crippen LogP contribution in [0, 0.1) is 0 Å². The maximum absolute atomic E-state index is 12.2. The zero-order valence-electron chi connectivity index (χ0n) is 9.93. The van der Waals surface area contributed by atoms with Crippen molar-refractivity contribution in [2.75, 3.05) is 0 Å². The molecule has 0 atom stereocenters. The molecule has 0 saturated carbocycles. The van der Waals surface area contributed by atoms with Crippen molar-refractivity contribution in [1.82, 2.24) is 0 Å². The maximum Gasteiger partial charge on any atom is 0.393 e. The lowest BCUT2D eigenvalue weighted by Gasteiger charge is -2.05. The number of nitrogens with zero attached hydrogens (tertiary/aromatic N) is 2. The average Bonchev–Trinajstić information content (AvgIpc) is 2.37. The fraction of sp³-hybridized carbons (Fsp3) is 0.143. The highest BCUT2D eigenvalue weighted by Crippen LogP contribution is 2.23. The molecule has 0 N–H and O–H groups in total. The summed E-state index contributed by atoms with van der Waals surface area (Å²) in [6, 6.07) is 15.0. The fourth-order valence-electron chi connectivity index (χ4n) is 1.52. The summed E-state index contributed by atoms with van der Waals surface area (Å²) in [5.74, 6) is 0. The van der Waals surface area contributed by atoms with E-state index in [2.05, 4.69) is 10.2 Å². The van der Waals surface area contributed by atoms with Crippen LogP contribution in [0.1, 0.15) is 5.56 Å². The first-order valence-electron chi connectivity index (χ1n) is 5.65. The van der Waals surface area contributed by atoms with Crippen LogP contribution in [0.4, 0.5) is 24.5 Å². The third kappa shape index (κ3) is 4.54. The first-order valence-corrected chi connectivity index (χ1v) is 5.65. The van der Waals surface area contributed by atoms with Gasteiger partial charge in [-0.25, -0.2) is 0 Å². The van der Waals surface area contributed by atoms with Crippen LogP contribution >= 0.6 is 0 Å². The molecule has 2 aromatic rings. The number of alkyl halides is 3. The molecule has 0 bridgehead atoms. The molecule has 5 heteroatoms. The lowest BCUT2D eigenvalue weighted by molar-refractivity contribution is -0.127. The van der Waals surface area contributed by atoms with E-state index in [0.29, 0.717) is 11.4 Å². The minimum atomic E-state index is -4.19. The van der Waals surface area contributed by atoms with Gasteiger partial charge >= 0.3 is 6.18 Å². The predicted octanol–water partition coefficient (Wildman–Crippen LogP) is 5.21. The molecule has 0 aliphatic carbocycles. The van der Waals surface area contributed by atoms with E-state index in [1.54, 1.807) is 12.1 Å². The molecule has 2 rings (SSSR count). The van der Waals surface area contributed by atoms with Crippen LogP contribution in [0.25, 0.3) is 0 Å². The van der Waals surface area contributed by atoms with Gasteiger partial charge in [-0.05, 0) is 29.8 Å². The largest absolute Gasteiger partial charge is 0.393 e. The molecule has 0 fully saturated rings. The number of rotatable bonds is 3. The van der Waals surface area contributed by atoms with Crippen molar-refractivity contribution in [3.63, 3.8) is 0 Å². The van der Waals surface area contributed by atoms with E-state index in [1.165, 1.54) is 24.3 Å². The Labute approximate surface area is 108 Å². The Kier molecular flexibility index (Phi) is 3.94. The highest BCUT2D eigenvalue weighted by atomic mass is 19.4. The molecule has 0 radical (unpaired) electrons. The van der Waals surface area contributed by atoms with Crippen molar-refractivity contribution in [2.45, 2.75) is 12.6 Å². The second-order valence-electron chi connectivity index (χ2n) is 3.99. The molecule has 2 aromatic carbocycles. The molecule has 0 unspecified atom stereocenters. The van der Waals surface area contributed by atoms with E-state index in [-0.39, 0.29) is 5.56 Å². The van der Waals surface area contributed by atoms with Crippen molar-refractivity contribution in [1.29, 1.82) is 0 Å². The molecule has 0 aromatic heterocycles. The van der Waals surface area contributed by atoms with Gasteiger partial charge in [0.05, 0.1) is 17.8 Å². The highest BCUT2D eigenvalue weighted by molar-refractivity contribution is 5.41. The minimum Gasteiger partial charge on any atom is -0.171 e. The first-order chi connectivity index (χ1) is 9.03. The highest BCUT2D eigenvalue weighted by Gasteiger charge is 2.27. The smallest absolute Gasteiger partial charge is 0.171 e. The second kappa shape index (κ2) is 5.65. The van der Waals surface area contributed by atoms with Crippen LogP contribution in [-0.4, -0.2) is 6.18 Å². The lowest BCUT2D eigenvalue weighted by Crippen LogP contribution is -2.11. The summed E-state index contributed by atoms with van der Waals surface area (Å²) < 4.78 is 36.5. The summed E-state index contributed by atoms with van der Waals surface area (Å²) in [5, 5.41) is 7.94. The Morgan fingerprint density at radius 2 is 1.26 bits per heavy atom. The van der Waals surface area contributed by atoms with Gasteiger partial charge in [-0.3, -0.25) is 0 Å². The summed E-state index contributed by atoms with van der Waals surface area (Å²) in [6.45, 7) is 0. The Morgan fingerprint density at radius 3 is 1.79 bits per heavy atom. The van der Waals surface area contributed by atoms with E-state index >= 15 is 0 Å². The molecule has 0 amide bonds. The zero-order valence-corrected chi connectivity index (χ0v) is 9.93. The van der Waals surface area contributed by atoms with Gasteiger partial charge in [-0.15, -0.1) is 0 Å². The SMILES string of the molecule is FC(F)(F)Cc1ccc(N=Nc2ccccc2)cc1. The van der Waals surface area contributed by atoms with Gasteiger partial charge in [0, 0.05) is 0 Å². The Balaban J connectivity index is 2.05. The van der Waals surface area contributed by atoms with Gasteiger partial charge in [0.15, 0.2) is 0 Å². The van der Waals surface area contributed by atoms with Crippen molar-refractivity contribution < 1.29 is 13.2 Å². The summed E-state index contributed by atoms with van der Waals surface area (Å²) in [7, 11) is 0. The van der Waals surface area contributed by atoms with Crippen LogP contribution < -0.4 is 0 Å². The number of hydrogen-bond acceptors (Lipinski definition) is 2. The van der Waals surface area contributed by atoms with Crippen molar-refractivity contribution in [3.05, 3.63) is 60.2 Å². The Bertz CT molecular complexity index is 545. The van der Waals surface area contributed by atoms with E-state index in [1.807, 2.05) is 18.2 Å². The van der Waals surface area contributed by atoms with Crippen molar-refractivity contribution in [2.24, 2.45) is 10.2 Å². The van der Waals surface area contributed by atoms with Gasteiger partial charge in [-0.1, -0.05) is 30.3 Å². The average molecular weight is 264 g/mol. The number of azo groups is 1. The molecular weight excluding hydrogens is 253 g/mol. The fourth-order valence-corrected chi connectivity index (χ4v) is 1.52. The standard InChI is InChI=1S/C14H11F3N2/c15-14(16,17)10-11-6-8-13(9-7-11)19-18-12-4-2-1-3-5-12/h1-9H,10H2. The van der Waals surface area contributed by atoms with Gasteiger partial charge in [0.1, 0.15) is 0 Å². The van der Waals surface area contributed by atoms with Crippen LogP contribution in [-0.2, 0) is 6.42 Å². The molecule has 0 aliphatic rings. The van der Waals surface area contributed by atoms with E-state index in [4.69, 9.17) is 0 Å². The minimum absolute atomic E-state index is 0.214. The second-order valence-corrected chi connectivity index (χ2v) is 3.99.